The van der Waals surface area contributed by atoms with Gasteiger partial charge in [-0.25, -0.2) is 13.1 Å². The van der Waals surface area contributed by atoms with Crippen LogP contribution in [0.3, 0.4) is 0 Å². The molecule has 0 saturated carbocycles. The van der Waals surface area contributed by atoms with Gasteiger partial charge in [-0.15, -0.1) is 0 Å². The molecule has 6 nitrogen and oxygen atoms in total. The van der Waals surface area contributed by atoms with Gasteiger partial charge in [-0.1, -0.05) is 0 Å². The van der Waals surface area contributed by atoms with Crippen LogP contribution in [0.5, 0.6) is 11.5 Å². The molecular weight excluding hydrogens is 336 g/mol. The molecule has 3 N–H and O–H groups in total. The van der Waals surface area contributed by atoms with E-state index in [9.17, 15) is 8.42 Å². The second-order valence-electron chi connectivity index (χ2n) is 3.90. The highest BCUT2D eigenvalue weighted by atomic mass is 79.9. The van der Waals surface area contributed by atoms with Crippen LogP contribution in [0.15, 0.2) is 21.5 Å². The zero-order chi connectivity index (χ0) is 14.6. The molecule has 0 aliphatic rings. The first-order valence-electron chi connectivity index (χ1n) is 5.49. The minimum absolute atomic E-state index is 0.0745. The molecule has 0 bridgehead atoms. The number of ether oxygens (including phenoxy) is 2. The molecule has 1 aromatic rings. The second-order valence-corrected chi connectivity index (χ2v) is 6.43. The molecule has 0 radical (unpaired) electrons. The normalized spacial score (nSPS) is 13.1. The summed E-state index contributed by atoms with van der Waals surface area (Å²) in [5.74, 6) is 0.784. The van der Waals surface area contributed by atoms with Crippen molar-refractivity contribution in [2.45, 2.75) is 17.9 Å². The lowest BCUT2D eigenvalue weighted by Gasteiger charge is -2.15. The van der Waals surface area contributed by atoms with Crippen molar-refractivity contribution in [1.82, 2.24) is 4.72 Å². The first kappa shape index (κ1) is 16.2. The van der Waals surface area contributed by atoms with Gasteiger partial charge in [-0.05, 0) is 28.9 Å². The van der Waals surface area contributed by atoms with E-state index in [2.05, 4.69) is 20.7 Å². The molecule has 1 rings (SSSR count). The van der Waals surface area contributed by atoms with Gasteiger partial charge in [0.1, 0.15) is 4.90 Å². The van der Waals surface area contributed by atoms with Crippen LogP contribution in [0.4, 0.5) is 0 Å². The summed E-state index contributed by atoms with van der Waals surface area (Å²) >= 11 is 3.21. The van der Waals surface area contributed by atoms with Crippen LogP contribution in [-0.4, -0.2) is 35.2 Å². The van der Waals surface area contributed by atoms with Gasteiger partial charge in [-0.3, -0.25) is 0 Å². The van der Waals surface area contributed by atoms with E-state index in [0.29, 0.717) is 16.0 Å². The van der Waals surface area contributed by atoms with Gasteiger partial charge < -0.3 is 15.2 Å². The third kappa shape index (κ3) is 3.82. The molecule has 0 spiro atoms. The highest BCUT2D eigenvalue weighted by Crippen LogP contribution is 2.35. The lowest BCUT2D eigenvalue weighted by atomic mass is 10.3. The molecule has 0 aliphatic carbocycles. The maximum atomic E-state index is 12.2. The summed E-state index contributed by atoms with van der Waals surface area (Å²) in [5.41, 5.74) is 5.41. The number of sulfonamides is 1. The molecule has 0 unspecified atom stereocenters. The molecule has 0 heterocycles. The Morgan fingerprint density at radius 3 is 2.32 bits per heavy atom. The Kier molecular flexibility index (Phi) is 5.60. The molecule has 108 valence electrons. The van der Waals surface area contributed by atoms with E-state index in [1.165, 1.54) is 20.3 Å². The van der Waals surface area contributed by atoms with E-state index < -0.39 is 10.0 Å². The summed E-state index contributed by atoms with van der Waals surface area (Å²) in [6, 6.07) is 2.58. The minimum Gasteiger partial charge on any atom is -0.493 e. The average Bonchev–Trinajstić information content (AvgIpc) is 2.37. The first-order valence-corrected chi connectivity index (χ1v) is 7.77. The van der Waals surface area contributed by atoms with Crippen molar-refractivity contribution in [2.24, 2.45) is 5.73 Å². The SMILES string of the molecule is COc1cc(Br)c(S(=O)(=O)N[C@H](C)CN)cc1OC. The highest BCUT2D eigenvalue weighted by Gasteiger charge is 2.22. The fourth-order valence-corrected chi connectivity index (χ4v) is 3.71. The van der Waals surface area contributed by atoms with Gasteiger partial charge in [0, 0.05) is 23.1 Å². The molecule has 0 aliphatic heterocycles. The topological polar surface area (TPSA) is 90.7 Å². The van der Waals surface area contributed by atoms with Crippen LogP contribution in [-0.2, 0) is 10.0 Å². The van der Waals surface area contributed by atoms with Gasteiger partial charge in [0.15, 0.2) is 11.5 Å². The zero-order valence-corrected chi connectivity index (χ0v) is 13.3. The average molecular weight is 353 g/mol. The predicted molar refractivity (Wildman–Crippen MR) is 76.1 cm³/mol. The van der Waals surface area contributed by atoms with Crippen molar-refractivity contribution in [3.8, 4) is 11.5 Å². The smallest absolute Gasteiger partial charge is 0.242 e. The van der Waals surface area contributed by atoms with Crippen molar-refractivity contribution < 1.29 is 17.9 Å². The number of benzene rings is 1. The standard InChI is InChI=1S/C11H17BrN2O4S/c1-7(6-13)14-19(15,16)11-5-10(18-3)9(17-2)4-8(11)12/h4-5,7,14H,6,13H2,1-3H3/t7-/m1/s1. The number of halogens is 1. The summed E-state index contributed by atoms with van der Waals surface area (Å²) in [5, 5.41) is 0. The molecule has 19 heavy (non-hydrogen) atoms. The van der Waals surface area contributed by atoms with Gasteiger partial charge >= 0.3 is 0 Å². The zero-order valence-electron chi connectivity index (χ0n) is 10.9. The Labute approximate surface area is 121 Å². The van der Waals surface area contributed by atoms with E-state index in [1.807, 2.05) is 0 Å². The number of rotatable bonds is 6. The van der Waals surface area contributed by atoms with E-state index in [0.717, 1.165) is 0 Å². The van der Waals surface area contributed by atoms with Crippen molar-refractivity contribution in [3.05, 3.63) is 16.6 Å². The van der Waals surface area contributed by atoms with Crippen LogP contribution < -0.4 is 19.9 Å². The third-order valence-electron chi connectivity index (χ3n) is 2.44. The van der Waals surface area contributed by atoms with Gasteiger partial charge in [0.2, 0.25) is 10.0 Å². The van der Waals surface area contributed by atoms with Crippen LogP contribution in [0.2, 0.25) is 0 Å². The van der Waals surface area contributed by atoms with E-state index in [4.69, 9.17) is 15.2 Å². The molecule has 1 atom stereocenters. The fraction of sp³-hybridized carbons (Fsp3) is 0.455. The molecule has 1 aromatic carbocycles. The summed E-state index contributed by atoms with van der Waals surface area (Å²) in [6.45, 7) is 1.90. The van der Waals surface area contributed by atoms with Crippen LogP contribution in [0.25, 0.3) is 0 Å². The third-order valence-corrected chi connectivity index (χ3v) is 4.99. The van der Waals surface area contributed by atoms with Crippen molar-refractivity contribution in [2.75, 3.05) is 20.8 Å². The quantitative estimate of drug-likeness (QED) is 0.799. The van der Waals surface area contributed by atoms with Gasteiger partial charge in [0.25, 0.3) is 0 Å². The summed E-state index contributed by atoms with van der Waals surface area (Å²) < 4.78 is 37.4. The van der Waals surface area contributed by atoms with Crippen LogP contribution >= 0.6 is 15.9 Å². The number of nitrogens with one attached hydrogen (secondary N) is 1. The lowest BCUT2D eigenvalue weighted by molar-refractivity contribution is 0.353. The molecule has 0 fully saturated rings. The summed E-state index contributed by atoms with van der Waals surface area (Å²) in [6.07, 6.45) is 0. The monoisotopic (exact) mass is 352 g/mol. The Hall–Kier alpha value is -0.830. The van der Waals surface area contributed by atoms with Crippen molar-refractivity contribution in [1.29, 1.82) is 0 Å². The molecular formula is C11H17BrN2O4S. The number of methoxy groups -OCH3 is 2. The van der Waals surface area contributed by atoms with Crippen molar-refractivity contribution in [3.63, 3.8) is 0 Å². The maximum absolute atomic E-state index is 12.2. The lowest BCUT2D eigenvalue weighted by Crippen LogP contribution is -2.37. The number of hydrogen-bond acceptors (Lipinski definition) is 5. The predicted octanol–water partition coefficient (Wildman–Crippen LogP) is 1.09. The molecule has 0 saturated heterocycles. The fourth-order valence-electron chi connectivity index (χ4n) is 1.42. The van der Waals surface area contributed by atoms with E-state index >= 15 is 0 Å². The Balaban J connectivity index is 3.27. The molecule has 0 aromatic heterocycles. The van der Waals surface area contributed by atoms with Crippen molar-refractivity contribution >= 4 is 26.0 Å². The molecule has 0 amide bonds. The van der Waals surface area contributed by atoms with Crippen LogP contribution in [0.1, 0.15) is 6.92 Å². The van der Waals surface area contributed by atoms with Crippen LogP contribution in [0, 0.1) is 0 Å². The Morgan fingerprint density at radius 2 is 1.84 bits per heavy atom. The summed E-state index contributed by atoms with van der Waals surface area (Å²) in [4.78, 5) is 0.0745. The minimum atomic E-state index is -3.67. The Bertz CT molecular complexity index is 548. The molecule has 8 heteroatoms. The maximum Gasteiger partial charge on any atom is 0.242 e. The largest absolute Gasteiger partial charge is 0.493 e. The highest BCUT2D eigenvalue weighted by molar-refractivity contribution is 9.10. The summed E-state index contributed by atoms with van der Waals surface area (Å²) in [7, 11) is -0.750. The van der Waals surface area contributed by atoms with Gasteiger partial charge in [0.05, 0.1) is 14.2 Å². The number of hydrogen-bond donors (Lipinski definition) is 2. The van der Waals surface area contributed by atoms with E-state index in [1.54, 1.807) is 13.0 Å². The second kappa shape index (κ2) is 6.56. The van der Waals surface area contributed by atoms with E-state index in [-0.39, 0.29) is 17.5 Å². The first-order chi connectivity index (χ1) is 8.85. The Morgan fingerprint density at radius 1 is 1.32 bits per heavy atom. The number of nitrogens with two attached hydrogens (primary N) is 1. The van der Waals surface area contributed by atoms with Gasteiger partial charge in [-0.2, -0.15) is 0 Å².